The van der Waals surface area contributed by atoms with Gasteiger partial charge in [-0.3, -0.25) is 0 Å². The Morgan fingerprint density at radius 1 is 0.346 bits per heavy atom. The Hall–Kier alpha value is -2.60. The molecule has 2 aromatic carbocycles. The van der Waals surface area contributed by atoms with Crippen LogP contribution < -0.4 is 0 Å². The minimum atomic E-state index is 0.810. The Labute approximate surface area is 504 Å². The van der Waals surface area contributed by atoms with Crippen molar-refractivity contribution in [2.45, 2.75) is 303 Å². The molecule has 0 aliphatic heterocycles. The van der Waals surface area contributed by atoms with Crippen molar-refractivity contribution in [1.82, 2.24) is 0 Å². The van der Waals surface area contributed by atoms with Crippen LogP contribution in [-0.4, -0.2) is 0 Å². The SMILES string of the molecule is C/C=C/C1CCC(C2CCC(CCC)CC2)CC1.C=CC1CCC(C2CCC(CCCCC)CC2)CC1.C=CC1CCC(C2CCC(c3ccc(C)cc3)CC2)CC1.C=CCCC1CCC(C2CCC(c3ccc(C)cc3)CC2)CC1. The number of allylic oxidation sites excluding steroid dienone is 5. The molecule has 0 nitrogen and oxygen atoms in total. The second-order valence-electron chi connectivity index (χ2n) is 29.6. The van der Waals surface area contributed by atoms with Crippen molar-refractivity contribution >= 4 is 0 Å². The highest BCUT2D eigenvalue weighted by molar-refractivity contribution is 5.26. The standard InChI is InChI=1S/C23H34.C21H30.C19H34.C18H32/c1-3-4-5-19-8-12-21(13-9-19)23-16-14-22(15-17-23)20-10-6-18(2)7-11-20;1-3-17-6-10-19(11-7-17)21-14-12-20(13-15-21)18-8-4-16(2)5-9-18;1-3-5-6-7-17-10-14-19(15-11-17)18-12-8-16(4-2)9-13-18;1-3-5-15-7-11-17(12-8-15)18-13-9-16(6-4-2)10-14-18/h3,6-7,10-11,19,21-23H,1,4-5,8-9,12-17H2,2H3;3-5,8-9,17,19-21H,1,6-7,10-15H2,2H3;4,16-19H,2-3,5-15H2,1H3;3,5,15-18H,4,6-14H2,1-2H3/b;;;5-3+. The first-order chi connectivity index (χ1) is 39.7. The lowest BCUT2D eigenvalue weighted by molar-refractivity contribution is 0.151. The first-order valence-electron chi connectivity index (χ1n) is 36.3. The molecular weight excluding hydrogens is 973 g/mol. The normalized spacial score (nSPS) is 34.6. The zero-order valence-electron chi connectivity index (χ0n) is 54.1. The van der Waals surface area contributed by atoms with Crippen LogP contribution in [0.25, 0.3) is 0 Å². The van der Waals surface area contributed by atoms with E-state index in [1.807, 2.05) is 0 Å². The van der Waals surface area contributed by atoms with Crippen LogP contribution in [0.3, 0.4) is 0 Å². The molecule has 2 aromatic rings. The van der Waals surface area contributed by atoms with Gasteiger partial charge in [-0.25, -0.2) is 0 Å². The highest BCUT2D eigenvalue weighted by Gasteiger charge is 2.34. The third kappa shape index (κ3) is 22.3. The second kappa shape index (κ2) is 37.1. The Morgan fingerprint density at radius 2 is 0.654 bits per heavy atom. The molecule has 454 valence electrons. The average Bonchev–Trinajstić information content (AvgIpc) is 3.57. The molecule has 0 heteroatoms. The number of rotatable bonds is 18. The van der Waals surface area contributed by atoms with Gasteiger partial charge in [0.25, 0.3) is 0 Å². The maximum atomic E-state index is 3.97. The smallest absolute Gasteiger partial charge is 0.0162 e. The molecule has 0 heterocycles. The van der Waals surface area contributed by atoms with Crippen LogP contribution in [0.15, 0.2) is 98.6 Å². The van der Waals surface area contributed by atoms with Gasteiger partial charge in [-0.05, 0) is 306 Å². The van der Waals surface area contributed by atoms with Crippen molar-refractivity contribution < 1.29 is 0 Å². The molecule has 0 saturated heterocycles. The van der Waals surface area contributed by atoms with Gasteiger partial charge in [0.2, 0.25) is 0 Å². The first-order valence-corrected chi connectivity index (χ1v) is 36.3. The predicted octanol–water partition coefficient (Wildman–Crippen LogP) is 25.6. The van der Waals surface area contributed by atoms with E-state index in [1.54, 1.807) is 36.8 Å². The third-order valence-corrected chi connectivity index (χ3v) is 24.3. The van der Waals surface area contributed by atoms with Crippen LogP contribution in [0, 0.1) is 96.7 Å². The summed E-state index contributed by atoms with van der Waals surface area (Å²) in [6, 6.07) is 18.6. The highest BCUT2D eigenvalue weighted by atomic mass is 14.4. The van der Waals surface area contributed by atoms with E-state index >= 15 is 0 Å². The minimum absolute atomic E-state index is 0.810. The van der Waals surface area contributed by atoms with Crippen LogP contribution in [-0.2, 0) is 0 Å². The fourth-order valence-electron chi connectivity index (χ4n) is 18.6. The summed E-state index contributed by atoms with van der Waals surface area (Å²) in [5.74, 6) is 15.7. The van der Waals surface area contributed by atoms with E-state index < -0.39 is 0 Å². The monoisotopic (exact) mass is 1100 g/mol. The molecule has 0 spiro atoms. The summed E-state index contributed by atoms with van der Waals surface area (Å²) in [4.78, 5) is 0. The van der Waals surface area contributed by atoms with Gasteiger partial charge in [-0.2, -0.15) is 0 Å². The quantitative estimate of drug-likeness (QED) is 0.103. The van der Waals surface area contributed by atoms with Crippen LogP contribution in [0.5, 0.6) is 0 Å². The van der Waals surface area contributed by atoms with Crippen molar-refractivity contribution in [3.05, 3.63) is 121 Å². The van der Waals surface area contributed by atoms with Crippen molar-refractivity contribution in [2.24, 2.45) is 82.9 Å². The Balaban J connectivity index is 0.000000156. The molecule has 0 radical (unpaired) electrons. The summed E-state index contributed by atoms with van der Waals surface area (Å²) in [6.45, 7) is 23.0. The maximum absolute atomic E-state index is 3.97. The van der Waals surface area contributed by atoms with E-state index in [9.17, 15) is 0 Å². The Morgan fingerprint density at radius 3 is 0.963 bits per heavy atom. The summed E-state index contributed by atoms with van der Waals surface area (Å²) in [7, 11) is 0. The van der Waals surface area contributed by atoms with Gasteiger partial charge in [0.1, 0.15) is 0 Å². The predicted molar refractivity (Wildman–Crippen MR) is 358 cm³/mol. The van der Waals surface area contributed by atoms with Gasteiger partial charge in [0.05, 0.1) is 0 Å². The topological polar surface area (TPSA) is 0 Å². The van der Waals surface area contributed by atoms with E-state index in [-0.39, 0.29) is 0 Å². The molecule has 0 bridgehead atoms. The van der Waals surface area contributed by atoms with Crippen LogP contribution in [0.1, 0.15) is 312 Å². The van der Waals surface area contributed by atoms with Gasteiger partial charge >= 0.3 is 0 Å². The van der Waals surface area contributed by atoms with E-state index in [2.05, 4.69) is 133 Å². The largest absolute Gasteiger partial charge is 0.103 e. The minimum Gasteiger partial charge on any atom is -0.103 e. The fourth-order valence-corrected chi connectivity index (χ4v) is 18.6. The van der Waals surface area contributed by atoms with Crippen LogP contribution in [0.4, 0.5) is 0 Å². The summed E-state index contributed by atoms with van der Waals surface area (Å²) >= 11 is 0. The van der Waals surface area contributed by atoms with Crippen molar-refractivity contribution in [3.63, 3.8) is 0 Å². The average molecular weight is 1100 g/mol. The van der Waals surface area contributed by atoms with E-state index in [1.165, 1.54) is 242 Å². The molecule has 10 rings (SSSR count). The lowest BCUT2D eigenvalue weighted by atomic mass is 9.68. The summed E-state index contributed by atoms with van der Waals surface area (Å²) in [5, 5.41) is 0. The van der Waals surface area contributed by atoms with E-state index in [0.29, 0.717) is 0 Å². The molecule has 0 atom stereocenters. The molecule has 81 heavy (non-hydrogen) atoms. The number of unbranched alkanes of at least 4 members (excludes halogenated alkanes) is 2. The second-order valence-corrected chi connectivity index (χ2v) is 29.6. The molecule has 0 aromatic heterocycles. The van der Waals surface area contributed by atoms with Crippen molar-refractivity contribution in [3.8, 4) is 0 Å². The van der Waals surface area contributed by atoms with Crippen LogP contribution in [0.2, 0.25) is 0 Å². The lowest BCUT2D eigenvalue weighted by Crippen LogP contribution is -2.25. The van der Waals surface area contributed by atoms with E-state index in [4.69, 9.17) is 0 Å². The van der Waals surface area contributed by atoms with Gasteiger partial charge in [-0.1, -0.05) is 181 Å². The fraction of sp³-hybridized carbons (Fsp3) is 0.753. The molecule has 8 saturated carbocycles. The zero-order valence-corrected chi connectivity index (χ0v) is 54.1. The number of hydrogen-bond acceptors (Lipinski definition) is 0. The third-order valence-electron chi connectivity index (χ3n) is 24.3. The molecule has 0 amide bonds. The number of hydrogen-bond donors (Lipinski definition) is 0. The van der Waals surface area contributed by atoms with Crippen LogP contribution >= 0.6 is 0 Å². The molecule has 8 aliphatic carbocycles. The maximum Gasteiger partial charge on any atom is -0.0162 e. The Bertz CT molecular complexity index is 1950. The molecular formula is C81H130. The van der Waals surface area contributed by atoms with Gasteiger partial charge in [-0.15, -0.1) is 19.7 Å². The molecule has 8 aliphatic rings. The summed E-state index contributed by atoms with van der Waals surface area (Å²) in [5.41, 5.74) is 5.93. The first kappa shape index (κ1) is 65.9. The zero-order chi connectivity index (χ0) is 57.0. The number of aryl methyl sites for hydroxylation is 2. The van der Waals surface area contributed by atoms with Gasteiger partial charge < -0.3 is 0 Å². The van der Waals surface area contributed by atoms with Gasteiger partial charge in [0.15, 0.2) is 0 Å². The molecule has 0 unspecified atom stereocenters. The highest BCUT2D eigenvalue weighted by Crippen LogP contribution is 2.48. The lowest BCUT2D eigenvalue weighted by Gasteiger charge is -2.38. The van der Waals surface area contributed by atoms with Crippen molar-refractivity contribution in [1.29, 1.82) is 0 Å². The molecule has 0 N–H and O–H groups in total. The number of benzene rings is 2. The summed E-state index contributed by atoms with van der Waals surface area (Å²) in [6.07, 6.45) is 69.8. The van der Waals surface area contributed by atoms with Gasteiger partial charge in [0, 0.05) is 0 Å². The van der Waals surface area contributed by atoms with Crippen molar-refractivity contribution in [2.75, 3.05) is 0 Å². The summed E-state index contributed by atoms with van der Waals surface area (Å²) < 4.78 is 0. The molecule has 8 fully saturated rings. The van der Waals surface area contributed by atoms with E-state index in [0.717, 1.165) is 94.7 Å². The Kier molecular flexibility index (Phi) is 30.2.